The lowest BCUT2D eigenvalue weighted by Gasteiger charge is -2.12. The van der Waals surface area contributed by atoms with Gasteiger partial charge in [0.2, 0.25) is 0 Å². The summed E-state index contributed by atoms with van der Waals surface area (Å²) in [6.07, 6.45) is -4.11. The summed E-state index contributed by atoms with van der Waals surface area (Å²) in [6.45, 7) is -0.0463. The van der Waals surface area contributed by atoms with Crippen molar-refractivity contribution >= 4 is 28.9 Å². The Kier molecular flexibility index (Phi) is 4.34. The Hall–Kier alpha value is -2.68. The molecule has 0 N–H and O–H groups in total. The van der Waals surface area contributed by atoms with Crippen LogP contribution in [0.2, 0.25) is 5.02 Å². The van der Waals surface area contributed by atoms with Crippen LogP contribution >= 0.6 is 11.6 Å². The van der Waals surface area contributed by atoms with E-state index < -0.39 is 28.3 Å². The van der Waals surface area contributed by atoms with Gasteiger partial charge in [-0.25, -0.2) is 9.07 Å². The molecule has 3 rings (SSSR count). The third-order valence-corrected chi connectivity index (χ3v) is 3.56. The van der Waals surface area contributed by atoms with Crippen LogP contribution in [0.15, 0.2) is 30.3 Å². The number of aromatic nitrogens is 3. The second-order valence-electron chi connectivity index (χ2n) is 4.96. The van der Waals surface area contributed by atoms with Crippen molar-refractivity contribution in [3.8, 4) is 11.5 Å². The lowest BCUT2D eigenvalue weighted by atomic mass is 10.2. The number of alkyl halides is 3. The fraction of sp³-hybridized carbons (Fsp3) is 0.133. The van der Waals surface area contributed by atoms with E-state index in [1.165, 1.54) is 22.9 Å². The van der Waals surface area contributed by atoms with Gasteiger partial charge >= 0.3 is 6.18 Å². The third kappa shape index (κ3) is 3.41. The molecule has 0 radical (unpaired) electrons. The molecule has 0 aliphatic carbocycles. The second-order valence-corrected chi connectivity index (χ2v) is 5.36. The van der Waals surface area contributed by atoms with E-state index in [0.29, 0.717) is 29.5 Å². The molecule has 0 aliphatic rings. The first-order chi connectivity index (χ1) is 11.8. The van der Waals surface area contributed by atoms with Gasteiger partial charge in [0.25, 0.3) is 0 Å². The van der Waals surface area contributed by atoms with Crippen molar-refractivity contribution in [2.75, 3.05) is 0 Å². The fourth-order valence-corrected chi connectivity index (χ4v) is 2.40. The van der Waals surface area contributed by atoms with Crippen molar-refractivity contribution in [3.05, 3.63) is 46.7 Å². The molecule has 2 aromatic carbocycles. The number of hydrogen-bond acceptors (Lipinski definition) is 4. The molecule has 0 aliphatic heterocycles. The zero-order valence-electron chi connectivity index (χ0n) is 12.2. The molecule has 25 heavy (non-hydrogen) atoms. The molecular weight excluding hydrogens is 366 g/mol. The van der Waals surface area contributed by atoms with Gasteiger partial charge in [0.05, 0.1) is 22.6 Å². The van der Waals surface area contributed by atoms with Gasteiger partial charge in [-0.15, -0.1) is 5.10 Å². The van der Waals surface area contributed by atoms with E-state index in [1.807, 2.05) is 0 Å². The molecule has 0 saturated heterocycles. The average molecular weight is 374 g/mol. The van der Waals surface area contributed by atoms with Gasteiger partial charge in [0.1, 0.15) is 17.6 Å². The van der Waals surface area contributed by atoms with Crippen LogP contribution in [0.25, 0.3) is 11.0 Å². The maximum atomic E-state index is 14.0. The largest absolute Gasteiger partial charge is 0.453 e. The van der Waals surface area contributed by atoms with Gasteiger partial charge in [-0.05, 0) is 24.3 Å². The highest BCUT2D eigenvalue weighted by Crippen LogP contribution is 2.38. The summed E-state index contributed by atoms with van der Waals surface area (Å²) in [5, 5.41) is 7.07. The maximum Gasteiger partial charge on any atom is 0.416 e. The molecule has 0 saturated carbocycles. The molecule has 5 nitrogen and oxygen atoms in total. The van der Waals surface area contributed by atoms with Gasteiger partial charge in [-0.1, -0.05) is 16.8 Å². The van der Waals surface area contributed by atoms with Crippen LogP contribution in [0.1, 0.15) is 5.56 Å². The number of halogens is 5. The monoisotopic (exact) mass is 373 g/mol. The van der Waals surface area contributed by atoms with Crippen molar-refractivity contribution in [2.24, 2.45) is 0 Å². The number of carbonyl (C=O) groups excluding carboxylic acids is 1. The highest BCUT2D eigenvalue weighted by Gasteiger charge is 2.32. The normalized spacial score (nSPS) is 11.7. The molecule has 1 aromatic heterocycles. The Balaban J connectivity index is 1.98. The lowest BCUT2D eigenvalue weighted by Crippen LogP contribution is -2.06. The summed E-state index contributed by atoms with van der Waals surface area (Å²) >= 11 is 5.73. The Labute approximate surface area is 142 Å². The summed E-state index contributed by atoms with van der Waals surface area (Å²) in [7, 11) is 0. The summed E-state index contributed by atoms with van der Waals surface area (Å²) in [6, 6.07) is 5.24. The molecule has 0 spiro atoms. The van der Waals surface area contributed by atoms with Gasteiger partial charge in [-0.3, -0.25) is 0 Å². The zero-order valence-corrected chi connectivity index (χ0v) is 13.0. The van der Waals surface area contributed by atoms with E-state index in [0.717, 1.165) is 0 Å². The molecule has 0 atom stereocenters. The summed E-state index contributed by atoms with van der Waals surface area (Å²) < 4.78 is 58.5. The summed E-state index contributed by atoms with van der Waals surface area (Å²) in [5.74, 6) is -1.69. The quantitative estimate of drug-likeness (QED) is 0.507. The van der Waals surface area contributed by atoms with Crippen molar-refractivity contribution in [2.45, 2.75) is 12.7 Å². The fourth-order valence-electron chi connectivity index (χ4n) is 2.15. The smallest absolute Gasteiger partial charge is 0.416 e. The number of carbonyl (C=O) groups is 1. The predicted molar refractivity (Wildman–Crippen MR) is 80.1 cm³/mol. The third-order valence-electron chi connectivity index (χ3n) is 3.28. The van der Waals surface area contributed by atoms with Crippen LogP contribution in [0, 0.1) is 5.82 Å². The second kappa shape index (κ2) is 6.32. The molecular formula is C15H8ClF4N3O2. The molecule has 0 bridgehead atoms. The van der Waals surface area contributed by atoms with Crippen molar-refractivity contribution in [1.82, 2.24) is 15.0 Å². The molecule has 0 unspecified atom stereocenters. The van der Waals surface area contributed by atoms with Crippen molar-refractivity contribution < 1.29 is 27.1 Å². The maximum absolute atomic E-state index is 14.0. The molecule has 0 amide bonds. The Morgan fingerprint density at radius 1 is 1.24 bits per heavy atom. The lowest BCUT2D eigenvalue weighted by molar-refractivity contribution is -0.137. The van der Waals surface area contributed by atoms with Crippen LogP contribution in [0.4, 0.5) is 17.6 Å². The minimum absolute atomic E-state index is 0.0463. The zero-order chi connectivity index (χ0) is 18.2. The highest BCUT2D eigenvalue weighted by atomic mass is 35.5. The number of ether oxygens (including phenoxy) is 1. The molecule has 130 valence electrons. The molecule has 0 fully saturated rings. The van der Waals surface area contributed by atoms with E-state index in [-0.39, 0.29) is 12.3 Å². The number of fused-ring (bicyclic) bond motifs is 1. The summed E-state index contributed by atoms with van der Waals surface area (Å²) in [4.78, 5) is 10.6. The van der Waals surface area contributed by atoms with Gasteiger partial charge in [0, 0.05) is 6.07 Å². The van der Waals surface area contributed by atoms with Crippen LogP contribution in [-0.2, 0) is 17.5 Å². The topological polar surface area (TPSA) is 57.0 Å². The molecule has 1 heterocycles. The number of aldehydes is 1. The van der Waals surface area contributed by atoms with Gasteiger partial charge < -0.3 is 9.53 Å². The molecule has 10 heteroatoms. The highest BCUT2D eigenvalue weighted by molar-refractivity contribution is 6.32. The first-order valence-electron chi connectivity index (χ1n) is 6.80. The Morgan fingerprint density at radius 3 is 2.64 bits per heavy atom. The van der Waals surface area contributed by atoms with E-state index in [2.05, 4.69) is 10.3 Å². The Morgan fingerprint density at radius 2 is 2.00 bits per heavy atom. The van der Waals surface area contributed by atoms with Gasteiger partial charge in [-0.2, -0.15) is 13.2 Å². The first-order valence-corrected chi connectivity index (χ1v) is 7.18. The number of nitrogens with zero attached hydrogens (tertiary/aromatic N) is 3. The van der Waals surface area contributed by atoms with E-state index >= 15 is 0 Å². The number of hydrogen-bond donors (Lipinski definition) is 0. The average Bonchev–Trinajstić information content (AvgIpc) is 2.93. The number of rotatable bonds is 4. The predicted octanol–water partition coefficient (Wildman–Crippen LogP) is 4.23. The standard InChI is InChI=1S/C15H8ClF4N3O2/c16-10-5-8(15(18,19)20)6-11(17)14(10)25-9-1-2-12-13(7-9)23(3-4-24)22-21-12/h1-2,4-7H,3H2. The molecule has 3 aromatic rings. The van der Waals surface area contributed by atoms with Crippen LogP contribution in [-0.4, -0.2) is 21.3 Å². The van der Waals surface area contributed by atoms with Crippen LogP contribution in [0.3, 0.4) is 0 Å². The SMILES string of the molecule is O=CCn1nnc2ccc(Oc3c(F)cc(C(F)(F)F)cc3Cl)cc21. The van der Waals surface area contributed by atoms with E-state index in [1.54, 1.807) is 0 Å². The van der Waals surface area contributed by atoms with Gasteiger partial charge in [0.15, 0.2) is 11.6 Å². The van der Waals surface area contributed by atoms with E-state index in [4.69, 9.17) is 16.3 Å². The first kappa shape index (κ1) is 17.2. The van der Waals surface area contributed by atoms with Crippen molar-refractivity contribution in [3.63, 3.8) is 0 Å². The minimum atomic E-state index is -4.73. The van der Waals surface area contributed by atoms with Crippen LogP contribution in [0.5, 0.6) is 11.5 Å². The Bertz CT molecular complexity index is 933. The van der Waals surface area contributed by atoms with Crippen molar-refractivity contribution in [1.29, 1.82) is 0 Å². The van der Waals surface area contributed by atoms with E-state index in [9.17, 15) is 22.4 Å². The van der Waals surface area contributed by atoms with Crippen LogP contribution < -0.4 is 4.74 Å². The summed E-state index contributed by atoms with van der Waals surface area (Å²) in [5.41, 5.74) is -0.313. The number of benzene rings is 2. The minimum Gasteiger partial charge on any atom is -0.453 e.